The first-order chi connectivity index (χ1) is 11.2. The normalized spacial score (nSPS) is 12.6. The molecule has 1 aliphatic heterocycles. The molecule has 116 valence electrons. The van der Waals surface area contributed by atoms with E-state index >= 15 is 0 Å². The molecule has 0 radical (unpaired) electrons. The number of thioether (sulfide) groups is 1. The summed E-state index contributed by atoms with van der Waals surface area (Å²) >= 11 is 2.96. The van der Waals surface area contributed by atoms with E-state index in [0.717, 1.165) is 15.1 Å². The van der Waals surface area contributed by atoms with E-state index in [2.05, 4.69) is 10.3 Å². The van der Waals surface area contributed by atoms with Crippen LogP contribution in [0, 0.1) is 0 Å². The van der Waals surface area contributed by atoms with Crippen LogP contribution in [0.4, 0.5) is 5.13 Å². The number of carbonyl (C=O) groups excluding carboxylic acids is 1. The number of nitrogens with zero attached hydrogens (tertiary/aromatic N) is 1. The Bertz CT molecular complexity index is 866. The molecular weight excluding hydrogens is 332 g/mol. The lowest BCUT2D eigenvalue weighted by atomic mass is 10.2. The van der Waals surface area contributed by atoms with Gasteiger partial charge in [-0.1, -0.05) is 23.5 Å². The van der Waals surface area contributed by atoms with Crippen molar-refractivity contribution in [1.29, 1.82) is 0 Å². The lowest BCUT2D eigenvalue weighted by Gasteiger charge is -2.05. The molecule has 0 saturated heterocycles. The van der Waals surface area contributed by atoms with E-state index in [1.165, 1.54) is 11.3 Å². The van der Waals surface area contributed by atoms with Gasteiger partial charge in [-0.25, -0.2) is 4.98 Å². The zero-order chi connectivity index (χ0) is 15.8. The molecule has 2 aromatic carbocycles. The Morgan fingerprint density at radius 1 is 1.26 bits per heavy atom. The fourth-order valence-electron chi connectivity index (χ4n) is 2.37. The van der Waals surface area contributed by atoms with Gasteiger partial charge in [-0.2, -0.15) is 0 Å². The molecule has 0 atom stereocenters. The van der Waals surface area contributed by atoms with E-state index in [4.69, 9.17) is 9.47 Å². The third kappa shape index (κ3) is 2.62. The minimum Gasteiger partial charge on any atom is -0.454 e. The number of amides is 1. The summed E-state index contributed by atoms with van der Waals surface area (Å²) < 4.78 is 11.7. The minimum absolute atomic E-state index is 0.158. The molecule has 0 saturated carbocycles. The molecule has 1 aromatic heterocycles. The summed E-state index contributed by atoms with van der Waals surface area (Å²) in [5, 5.41) is 3.43. The van der Waals surface area contributed by atoms with Crippen LogP contribution >= 0.6 is 23.1 Å². The number of nitrogens with one attached hydrogen (secondary N) is 1. The van der Waals surface area contributed by atoms with Crippen molar-refractivity contribution < 1.29 is 14.3 Å². The van der Waals surface area contributed by atoms with E-state index in [1.807, 2.05) is 42.7 Å². The van der Waals surface area contributed by atoms with Gasteiger partial charge in [0, 0.05) is 17.0 Å². The van der Waals surface area contributed by atoms with E-state index in [1.54, 1.807) is 11.8 Å². The van der Waals surface area contributed by atoms with E-state index < -0.39 is 0 Å². The maximum Gasteiger partial charge on any atom is 0.258 e. The van der Waals surface area contributed by atoms with Crippen LogP contribution in [0.15, 0.2) is 41.3 Å². The molecule has 0 aliphatic carbocycles. The molecule has 5 nitrogen and oxygen atoms in total. The van der Waals surface area contributed by atoms with Crippen molar-refractivity contribution in [1.82, 2.24) is 4.98 Å². The molecule has 1 amide bonds. The van der Waals surface area contributed by atoms with Gasteiger partial charge in [0.2, 0.25) is 6.79 Å². The Morgan fingerprint density at radius 3 is 2.87 bits per heavy atom. The van der Waals surface area contributed by atoms with Crippen molar-refractivity contribution in [3.63, 3.8) is 0 Å². The van der Waals surface area contributed by atoms with Crippen LogP contribution in [0.5, 0.6) is 11.5 Å². The van der Waals surface area contributed by atoms with Gasteiger partial charge in [-0.3, -0.25) is 10.1 Å². The van der Waals surface area contributed by atoms with Crippen LogP contribution in [-0.2, 0) is 0 Å². The van der Waals surface area contributed by atoms with Gasteiger partial charge in [0.25, 0.3) is 5.91 Å². The lowest BCUT2D eigenvalue weighted by Crippen LogP contribution is -2.12. The number of hydrogen-bond donors (Lipinski definition) is 1. The highest BCUT2D eigenvalue weighted by Gasteiger charge is 2.18. The van der Waals surface area contributed by atoms with E-state index in [0.29, 0.717) is 22.2 Å². The maximum atomic E-state index is 12.5. The predicted octanol–water partition coefficient (Wildman–Crippen LogP) is 4.00. The Hall–Kier alpha value is -2.25. The van der Waals surface area contributed by atoms with Crippen LogP contribution in [0.3, 0.4) is 0 Å². The molecule has 3 aromatic rings. The summed E-state index contributed by atoms with van der Waals surface area (Å²) in [4.78, 5) is 17.9. The fraction of sp³-hybridized carbons (Fsp3) is 0.125. The molecule has 0 spiro atoms. The number of aromatic nitrogens is 1. The molecule has 23 heavy (non-hydrogen) atoms. The van der Waals surface area contributed by atoms with Gasteiger partial charge >= 0.3 is 0 Å². The number of rotatable bonds is 3. The Morgan fingerprint density at radius 2 is 2.04 bits per heavy atom. The molecule has 1 aliphatic rings. The highest BCUT2D eigenvalue weighted by molar-refractivity contribution is 7.98. The van der Waals surface area contributed by atoms with Gasteiger partial charge in [-0.05, 0) is 18.4 Å². The number of thiazole rings is 1. The Labute approximate surface area is 140 Å². The molecule has 0 fully saturated rings. The Balaban J connectivity index is 1.64. The number of ether oxygens (including phenoxy) is 2. The van der Waals surface area contributed by atoms with Crippen LogP contribution in [0.2, 0.25) is 0 Å². The average Bonchev–Trinajstić information content (AvgIpc) is 3.17. The lowest BCUT2D eigenvalue weighted by molar-refractivity contribution is 0.102. The van der Waals surface area contributed by atoms with Crippen molar-refractivity contribution in [2.45, 2.75) is 4.90 Å². The highest BCUT2D eigenvalue weighted by Crippen LogP contribution is 2.39. The van der Waals surface area contributed by atoms with Crippen LogP contribution in [-0.4, -0.2) is 23.9 Å². The van der Waals surface area contributed by atoms with Gasteiger partial charge in [0.1, 0.15) is 0 Å². The number of benzene rings is 2. The van der Waals surface area contributed by atoms with Gasteiger partial charge in [0.15, 0.2) is 16.6 Å². The first-order valence-electron chi connectivity index (χ1n) is 6.89. The highest BCUT2D eigenvalue weighted by atomic mass is 32.2. The molecular formula is C16H12N2O3S2. The van der Waals surface area contributed by atoms with Crippen molar-refractivity contribution in [3.8, 4) is 11.5 Å². The summed E-state index contributed by atoms with van der Waals surface area (Å²) in [7, 11) is 0. The van der Waals surface area contributed by atoms with Gasteiger partial charge in [0.05, 0.1) is 15.8 Å². The molecule has 0 bridgehead atoms. The molecule has 0 unspecified atom stereocenters. The summed E-state index contributed by atoms with van der Waals surface area (Å²) in [5.41, 5.74) is 1.43. The standard InChI is InChI=1S/C16H12N2O3S2/c1-22-13-5-3-2-4-9(13)15(19)18-16-17-10-6-11-12(21-8-20-11)7-14(10)23-16/h2-7H,8H2,1H3,(H,17,18,19). The first-order valence-corrected chi connectivity index (χ1v) is 8.93. The van der Waals surface area contributed by atoms with Crippen LogP contribution in [0.25, 0.3) is 10.2 Å². The summed E-state index contributed by atoms with van der Waals surface area (Å²) in [6, 6.07) is 11.2. The first kappa shape index (κ1) is 14.3. The number of carbonyl (C=O) groups is 1. The second-order valence-electron chi connectivity index (χ2n) is 4.85. The van der Waals surface area contributed by atoms with E-state index in [-0.39, 0.29) is 12.7 Å². The van der Waals surface area contributed by atoms with E-state index in [9.17, 15) is 4.79 Å². The van der Waals surface area contributed by atoms with Gasteiger partial charge < -0.3 is 9.47 Å². The number of anilines is 1. The minimum atomic E-state index is -0.158. The van der Waals surface area contributed by atoms with Crippen molar-refractivity contribution in [3.05, 3.63) is 42.0 Å². The predicted molar refractivity (Wildman–Crippen MR) is 91.9 cm³/mol. The second-order valence-corrected chi connectivity index (χ2v) is 6.73. The summed E-state index contributed by atoms with van der Waals surface area (Å²) in [6.07, 6.45) is 1.95. The molecule has 4 rings (SSSR count). The molecule has 1 N–H and O–H groups in total. The average molecular weight is 344 g/mol. The van der Waals surface area contributed by atoms with Crippen LogP contribution in [0.1, 0.15) is 10.4 Å². The zero-order valence-corrected chi connectivity index (χ0v) is 13.8. The topological polar surface area (TPSA) is 60.5 Å². The summed E-state index contributed by atoms with van der Waals surface area (Å²) in [5.74, 6) is 1.24. The monoisotopic (exact) mass is 344 g/mol. The molecule has 7 heteroatoms. The second kappa shape index (κ2) is 5.75. The number of hydrogen-bond acceptors (Lipinski definition) is 6. The largest absolute Gasteiger partial charge is 0.454 e. The van der Waals surface area contributed by atoms with Crippen molar-refractivity contribution in [2.24, 2.45) is 0 Å². The zero-order valence-electron chi connectivity index (χ0n) is 12.2. The summed E-state index contributed by atoms with van der Waals surface area (Å²) in [6.45, 7) is 0.238. The van der Waals surface area contributed by atoms with Crippen molar-refractivity contribution in [2.75, 3.05) is 18.4 Å². The Kier molecular flexibility index (Phi) is 3.59. The van der Waals surface area contributed by atoms with Gasteiger partial charge in [-0.15, -0.1) is 11.8 Å². The third-order valence-corrected chi connectivity index (χ3v) is 5.18. The molecule has 2 heterocycles. The maximum absolute atomic E-state index is 12.5. The quantitative estimate of drug-likeness (QED) is 0.728. The smallest absolute Gasteiger partial charge is 0.258 e. The third-order valence-electron chi connectivity index (χ3n) is 3.45. The van der Waals surface area contributed by atoms with Crippen molar-refractivity contribution >= 4 is 44.4 Å². The SMILES string of the molecule is CSc1ccccc1C(=O)Nc1nc2cc3c(cc2s1)OCO3. The fourth-order valence-corrected chi connectivity index (χ4v) is 3.83. The van der Waals surface area contributed by atoms with Crippen LogP contribution < -0.4 is 14.8 Å². The number of fused-ring (bicyclic) bond motifs is 2.